The average Bonchev–Trinajstić information content (AvgIpc) is 2.54. The second-order valence-corrected chi connectivity index (χ2v) is 3.58. The number of hydrogen-bond acceptors (Lipinski definition) is 1. The van der Waals surface area contributed by atoms with Crippen LogP contribution in [0.5, 0.6) is 0 Å². The molecule has 0 amide bonds. The fourth-order valence-corrected chi connectivity index (χ4v) is 1.96. The third-order valence-electron chi connectivity index (χ3n) is 2.61. The number of aromatic carboxylic acids is 1. The smallest absolute Gasteiger partial charge is 0.419 e. The van der Waals surface area contributed by atoms with Gasteiger partial charge in [-0.2, -0.15) is 0 Å². The Bertz CT molecular complexity index is 570. The standard InChI is InChI=1S/C12H12N2O2/c1-3-8-14-10-7-5-4-6-9(10)13(2)11(14)12(15)16/h3-7H,1,8H2,2H3/p+1. The van der Waals surface area contributed by atoms with Crippen LogP contribution in [0, 0.1) is 0 Å². The van der Waals surface area contributed by atoms with Crippen molar-refractivity contribution in [3.05, 3.63) is 42.7 Å². The number of imidazole rings is 1. The Morgan fingerprint density at radius 2 is 2.25 bits per heavy atom. The zero-order valence-corrected chi connectivity index (χ0v) is 9.05. The Balaban J connectivity index is 2.85. The number of carboxylic acids is 1. The first-order chi connectivity index (χ1) is 7.66. The zero-order chi connectivity index (χ0) is 11.7. The molecule has 0 unspecified atom stereocenters. The highest BCUT2D eigenvalue weighted by Crippen LogP contribution is 2.13. The lowest BCUT2D eigenvalue weighted by molar-refractivity contribution is -0.648. The van der Waals surface area contributed by atoms with Gasteiger partial charge >= 0.3 is 11.8 Å². The number of hydrogen-bond donors (Lipinski definition) is 1. The molecule has 1 aromatic carbocycles. The van der Waals surface area contributed by atoms with Crippen LogP contribution in [0.15, 0.2) is 36.9 Å². The van der Waals surface area contributed by atoms with Crippen LogP contribution < -0.4 is 4.57 Å². The summed E-state index contributed by atoms with van der Waals surface area (Å²) in [5.41, 5.74) is 1.81. The molecule has 1 aromatic heterocycles. The first kappa shape index (κ1) is 10.4. The summed E-state index contributed by atoms with van der Waals surface area (Å²) in [6.45, 7) is 4.14. The van der Waals surface area contributed by atoms with Gasteiger partial charge in [-0.3, -0.25) is 0 Å². The van der Waals surface area contributed by atoms with E-state index in [0.717, 1.165) is 11.0 Å². The lowest BCUT2D eigenvalue weighted by atomic mass is 10.3. The van der Waals surface area contributed by atoms with Gasteiger partial charge in [0.25, 0.3) is 0 Å². The molecule has 4 heteroatoms. The summed E-state index contributed by atoms with van der Waals surface area (Å²) in [6, 6.07) is 7.60. The van der Waals surface area contributed by atoms with Crippen LogP contribution in [0.25, 0.3) is 11.0 Å². The molecule has 4 nitrogen and oxygen atoms in total. The first-order valence-corrected chi connectivity index (χ1v) is 4.98. The van der Waals surface area contributed by atoms with E-state index in [0.29, 0.717) is 6.54 Å². The van der Waals surface area contributed by atoms with Crippen LogP contribution in [0.1, 0.15) is 10.6 Å². The molecule has 2 aromatic rings. The fourth-order valence-electron chi connectivity index (χ4n) is 1.96. The average molecular weight is 217 g/mol. The third-order valence-corrected chi connectivity index (χ3v) is 2.61. The van der Waals surface area contributed by atoms with Crippen molar-refractivity contribution in [1.82, 2.24) is 4.57 Å². The van der Waals surface area contributed by atoms with Crippen LogP contribution in [0.4, 0.5) is 0 Å². The Hall–Kier alpha value is -2.10. The predicted octanol–water partition coefficient (Wildman–Crippen LogP) is 1.35. The summed E-state index contributed by atoms with van der Waals surface area (Å²) in [5.74, 6) is -0.665. The number of aromatic nitrogens is 2. The number of rotatable bonds is 3. The highest BCUT2D eigenvalue weighted by atomic mass is 16.4. The van der Waals surface area contributed by atoms with Crippen LogP contribution >= 0.6 is 0 Å². The Morgan fingerprint density at radius 1 is 1.56 bits per heavy atom. The molecule has 0 saturated heterocycles. The number of aryl methyl sites for hydroxylation is 1. The molecule has 0 spiro atoms. The van der Waals surface area contributed by atoms with E-state index in [9.17, 15) is 9.90 Å². The normalized spacial score (nSPS) is 10.6. The van der Waals surface area contributed by atoms with Crippen molar-refractivity contribution in [2.24, 2.45) is 7.05 Å². The number of carboxylic acid groups (broad SMARTS) is 1. The van der Waals surface area contributed by atoms with E-state index >= 15 is 0 Å². The van der Waals surface area contributed by atoms with Crippen LogP contribution in [0.2, 0.25) is 0 Å². The molecule has 0 radical (unpaired) electrons. The molecular formula is C12H13N2O2+. The van der Waals surface area contributed by atoms with E-state index < -0.39 is 5.97 Å². The van der Waals surface area contributed by atoms with Crippen molar-refractivity contribution in [3.63, 3.8) is 0 Å². The Labute approximate surface area is 93.1 Å². The predicted molar refractivity (Wildman–Crippen MR) is 60.3 cm³/mol. The molecule has 0 aliphatic rings. The lowest BCUT2D eigenvalue weighted by Gasteiger charge is -1.94. The molecule has 16 heavy (non-hydrogen) atoms. The molecule has 0 saturated carbocycles. The van der Waals surface area contributed by atoms with E-state index in [1.165, 1.54) is 0 Å². The molecule has 0 atom stereocenters. The minimum Gasteiger partial charge on any atom is -0.472 e. The summed E-state index contributed by atoms with van der Waals surface area (Å²) in [5, 5.41) is 9.20. The molecule has 82 valence electrons. The second-order valence-electron chi connectivity index (χ2n) is 3.58. The highest BCUT2D eigenvalue weighted by molar-refractivity contribution is 5.86. The van der Waals surface area contributed by atoms with Crippen LogP contribution in [-0.2, 0) is 13.6 Å². The molecule has 0 aliphatic carbocycles. The molecule has 0 fully saturated rings. The monoisotopic (exact) mass is 217 g/mol. The van der Waals surface area contributed by atoms with Crippen molar-refractivity contribution in [2.75, 3.05) is 0 Å². The maximum atomic E-state index is 11.2. The number of carbonyl (C=O) groups is 1. The Kier molecular flexibility index (Phi) is 2.48. The fraction of sp³-hybridized carbons (Fsp3) is 0.167. The number of fused-ring (bicyclic) bond motifs is 1. The Morgan fingerprint density at radius 3 is 2.88 bits per heavy atom. The van der Waals surface area contributed by atoms with Gasteiger partial charge in [0.05, 0.1) is 7.05 Å². The summed E-state index contributed by atoms with van der Waals surface area (Å²) >= 11 is 0. The third kappa shape index (κ3) is 1.39. The highest BCUT2D eigenvalue weighted by Gasteiger charge is 2.27. The van der Waals surface area contributed by atoms with Gasteiger partial charge in [-0.1, -0.05) is 24.8 Å². The van der Waals surface area contributed by atoms with Gasteiger partial charge in [0.2, 0.25) is 0 Å². The molecule has 1 heterocycles. The summed E-state index contributed by atoms with van der Waals surface area (Å²) in [6.07, 6.45) is 1.69. The minimum absolute atomic E-state index is 0.265. The van der Waals surface area contributed by atoms with Crippen LogP contribution in [0.3, 0.4) is 0 Å². The van der Waals surface area contributed by atoms with Gasteiger partial charge in [-0.15, -0.1) is 0 Å². The van der Waals surface area contributed by atoms with E-state index in [-0.39, 0.29) is 5.82 Å². The molecular weight excluding hydrogens is 204 g/mol. The van der Waals surface area contributed by atoms with Gasteiger partial charge in [-0.25, -0.2) is 13.9 Å². The number of allylic oxidation sites excluding steroid dienone is 1. The second kappa shape index (κ2) is 3.81. The van der Waals surface area contributed by atoms with Gasteiger partial charge in [0.15, 0.2) is 11.0 Å². The molecule has 2 rings (SSSR count). The van der Waals surface area contributed by atoms with E-state index in [1.807, 2.05) is 24.3 Å². The quantitative estimate of drug-likeness (QED) is 0.623. The lowest BCUT2D eigenvalue weighted by Crippen LogP contribution is -2.36. The van der Waals surface area contributed by atoms with E-state index in [1.54, 1.807) is 22.3 Å². The SMILES string of the molecule is C=CCn1c(C(=O)O)[n+](C)c2ccccc21. The van der Waals surface area contributed by atoms with Gasteiger partial charge < -0.3 is 5.11 Å². The van der Waals surface area contributed by atoms with E-state index in [2.05, 4.69) is 6.58 Å². The topological polar surface area (TPSA) is 46.1 Å². The number of para-hydroxylation sites is 2. The van der Waals surface area contributed by atoms with E-state index in [4.69, 9.17) is 0 Å². The van der Waals surface area contributed by atoms with Crippen molar-refractivity contribution in [2.45, 2.75) is 6.54 Å². The van der Waals surface area contributed by atoms with Crippen molar-refractivity contribution in [1.29, 1.82) is 0 Å². The van der Waals surface area contributed by atoms with Gasteiger partial charge in [0, 0.05) is 0 Å². The zero-order valence-electron chi connectivity index (χ0n) is 9.05. The van der Waals surface area contributed by atoms with Crippen LogP contribution in [-0.4, -0.2) is 15.6 Å². The maximum Gasteiger partial charge on any atom is 0.419 e. The first-order valence-electron chi connectivity index (χ1n) is 4.98. The molecule has 1 N–H and O–H groups in total. The molecule has 0 bridgehead atoms. The van der Waals surface area contributed by atoms with Crippen molar-refractivity contribution >= 4 is 17.0 Å². The molecule has 0 aliphatic heterocycles. The maximum absolute atomic E-state index is 11.2. The summed E-state index contributed by atoms with van der Waals surface area (Å²) in [4.78, 5) is 11.2. The van der Waals surface area contributed by atoms with Gasteiger partial charge in [-0.05, 0) is 12.1 Å². The van der Waals surface area contributed by atoms with Crippen molar-refractivity contribution in [3.8, 4) is 0 Å². The summed E-state index contributed by atoms with van der Waals surface area (Å²) < 4.78 is 3.42. The number of nitrogens with zero attached hydrogens (tertiary/aromatic N) is 2. The summed E-state index contributed by atoms with van der Waals surface area (Å²) in [7, 11) is 1.76. The minimum atomic E-state index is -0.930. The van der Waals surface area contributed by atoms with Crippen molar-refractivity contribution < 1.29 is 14.5 Å². The van der Waals surface area contributed by atoms with Gasteiger partial charge in [0.1, 0.15) is 6.54 Å². The largest absolute Gasteiger partial charge is 0.472 e. The number of benzene rings is 1.